The average molecular weight is 328 g/mol. The van der Waals surface area contributed by atoms with Gasteiger partial charge < -0.3 is 10.1 Å². The molecule has 1 heterocycles. The molecule has 1 atom stereocenters. The SMILES string of the molecule is CC1(C)CCC(NC2CCOc3c(Cl)cc(Cl)cc32)CC1. The van der Waals surface area contributed by atoms with Crippen molar-refractivity contribution in [3.63, 3.8) is 0 Å². The van der Waals surface area contributed by atoms with Gasteiger partial charge in [-0.1, -0.05) is 37.0 Å². The highest BCUT2D eigenvalue weighted by atomic mass is 35.5. The molecule has 2 nitrogen and oxygen atoms in total. The summed E-state index contributed by atoms with van der Waals surface area (Å²) >= 11 is 12.4. The van der Waals surface area contributed by atoms with Gasteiger partial charge in [-0.05, 0) is 43.2 Å². The second kappa shape index (κ2) is 5.98. The van der Waals surface area contributed by atoms with Gasteiger partial charge in [0.2, 0.25) is 0 Å². The standard InChI is InChI=1S/C17H23Cl2NO/c1-17(2)6-3-12(4-7-17)20-15-5-8-21-16-13(15)9-11(18)10-14(16)19/h9-10,12,15,20H,3-8H2,1-2H3. The summed E-state index contributed by atoms with van der Waals surface area (Å²) in [7, 11) is 0. The molecule has 0 radical (unpaired) electrons. The van der Waals surface area contributed by atoms with Crippen LogP contribution in [-0.4, -0.2) is 12.6 Å². The van der Waals surface area contributed by atoms with Crippen LogP contribution >= 0.6 is 23.2 Å². The number of fused-ring (bicyclic) bond motifs is 1. The molecule has 0 amide bonds. The molecule has 0 bridgehead atoms. The van der Waals surface area contributed by atoms with E-state index in [9.17, 15) is 0 Å². The molecule has 3 rings (SSSR count). The molecule has 116 valence electrons. The maximum Gasteiger partial charge on any atom is 0.142 e. The van der Waals surface area contributed by atoms with E-state index in [-0.39, 0.29) is 0 Å². The molecule has 0 spiro atoms. The zero-order valence-corrected chi connectivity index (χ0v) is 14.2. The molecule has 1 aliphatic carbocycles. The molecule has 1 saturated carbocycles. The first-order valence-corrected chi connectivity index (χ1v) is 8.58. The molecule has 21 heavy (non-hydrogen) atoms. The van der Waals surface area contributed by atoms with Crippen LogP contribution in [0.1, 0.15) is 57.6 Å². The van der Waals surface area contributed by atoms with E-state index in [1.54, 1.807) is 6.07 Å². The Balaban J connectivity index is 1.74. The van der Waals surface area contributed by atoms with Crippen molar-refractivity contribution >= 4 is 23.2 Å². The van der Waals surface area contributed by atoms with Crippen LogP contribution in [0, 0.1) is 5.41 Å². The summed E-state index contributed by atoms with van der Waals surface area (Å²) in [6.07, 6.45) is 6.04. The lowest BCUT2D eigenvalue weighted by atomic mass is 9.75. The molecule has 1 aromatic carbocycles. The number of benzene rings is 1. The minimum absolute atomic E-state index is 0.302. The largest absolute Gasteiger partial charge is 0.492 e. The summed E-state index contributed by atoms with van der Waals surface area (Å²) in [5.41, 5.74) is 1.61. The molecule has 1 N–H and O–H groups in total. The third kappa shape index (κ3) is 3.49. The lowest BCUT2D eigenvalue weighted by Crippen LogP contribution is -2.39. The van der Waals surface area contributed by atoms with Crippen LogP contribution in [0.4, 0.5) is 0 Å². The number of hydrogen-bond acceptors (Lipinski definition) is 2. The predicted octanol–water partition coefficient (Wildman–Crippen LogP) is 5.38. The first-order chi connectivity index (χ1) is 9.94. The Kier molecular flexibility index (Phi) is 4.40. The van der Waals surface area contributed by atoms with E-state index in [2.05, 4.69) is 19.2 Å². The van der Waals surface area contributed by atoms with Crippen molar-refractivity contribution in [2.24, 2.45) is 5.41 Å². The highest BCUT2D eigenvalue weighted by Gasteiger charge is 2.30. The Morgan fingerprint density at radius 1 is 1.14 bits per heavy atom. The molecule has 4 heteroatoms. The normalized spacial score (nSPS) is 25.2. The van der Waals surface area contributed by atoms with Gasteiger partial charge in [-0.25, -0.2) is 0 Å². The van der Waals surface area contributed by atoms with E-state index in [4.69, 9.17) is 27.9 Å². The Morgan fingerprint density at radius 2 is 1.86 bits per heavy atom. The number of ether oxygens (including phenoxy) is 1. The Hall–Kier alpha value is -0.440. The zero-order chi connectivity index (χ0) is 15.0. The summed E-state index contributed by atoms with van der Waals surface area (Å²) in [5.74, 6) is 0.806. The van der Waals surface area contributed by atoms with E-state index >= 15 is 0 Å². The van der Waals surface area contributed by atoms with Crippen LogP contribution in [0.5, 0.6) is 5.75 Å². The van der Waals surface area contributed by atoms with Gasteiger partial charge in [0, 0.05) is 29.1 Å². The summed E-state index contributed by atoms with van der Waals surface area (Å²) < 4.78 is 5.73. The minimum Gasteiger partial charge on any atom is -0.492 e. The molecule has 2 aliphatic rings. The van der Waals surface area contributed by atoms with E-state index in [1.165, 1.54) is 25.7 Å². The van der Waals surface area contributed by atoms with Crippen molar-refractivity contribution in [1.82, 2.24) is 5.32 Å². The summed E-state index contributed by atoms with van der Waals surface area (Å²) in [5, 5.41) is 5.11. The third-order valence-corrected chi connectivity index (χ3v) is 5.34. The fourth-order valence-electron chi connectivity index (χ4n) is 3.45. The van der Waals surface area contributed by atoms with Gasteiger partial charge >= 0.3 is 0 Å². The molecule has 1 fully saturated rings. The number of hydrogen-bond donors (Lipinski definition) is 1. The van der Waals surface area contributed by atoms with Gasteiger partial charge in [-0.3, -0.25) is 0 Å². The molecule has 1 aliphatic heterocycles. The van der Waals surface area contributed by atoms with Gasteiger partial charge in [-0.15, -0.1) is 0 Å². The number of halogens is 2. The van der Waals surface area contributed by atoms with E-state index in [1.807, 2.05) is 6.07 Å². The Morgan fingerprint density at radius 3 is 2.57 bits per heavy atom. The second-order valence-corrected chi connectivity index (χ2v) is 7.94. The average Bonchev–Trinajstić information content (AvgIpc) is 2.42. The topological polar surface area (TPSA) is 21.3 Å². The van der Waals surface area contributed by atoms with Crippen LogP contribution in [-0.2, 0) is 0 Å². The van der Waals surface area contributed by atoms with Gasteiger partial charge in [0.05, 0.1) is 11.6 Å². The molecule has 1 aromatic rings. The van der Waals surface area contributed by atoms with Crippen molar-refractivity contribution in [3.8, 4) is 5.75 Å². The first kappa shape index (κ1) is 15.5. The first-order valence-electron chi connectivity index (χ1n) is 7.82. The summed E-state index contributed by atoms with van der Waals surface area (Å²) in [6, 6.07) is 4.64. The van der Waals surface area contributed by atoms with Crippen LogP contribution in [0.25, 0.3) is 0 Å². The van der Waals surface area contributed by atoms with E-state index < -0.39 is 0 Å². The predicted molar refractivity (Wildman–Crippen MR) is 88.5 cm³/mol. The second-order valence-electron chi connectivity index (χ2n) is 7.10. The van der Waals surface area contributed by atoms with Gasteiger partial charge in [0.15, 0.2) is 0 Å². The minimum atomic E-state index is 0.302. The molecule has 1 unspecified atom stereocenters. The molecule has 0 saturated heterocycles. The fourth-order valence-corrected chi connectivity index (χ4v) is 4.01. The van der Waals surface area contributed by atoms with Crippen molar-refractivity contribution in [2.45, 2.75) is 58.0 Å². The number of rotatable bonds is 2. The Labute approximate surface area is 137 Å². The van der Waals surface area contributed by atoms with Crippen molar-refractivity contribution < 1.29 is 4.74 Å². The smallest absolute Gasteiger partial charge is 0.142 e. The lowest BCUT2D eigenvalue weighted by molar-refractivity contribution is 0.182. The van der Waals surface area contributed by atoms with Gasteiger partial charge in [0.1, 0.15) is 5.75 Å². The van der Waals surface area contributed by atoms with E-state index in [0.717, 1.165) is 17.7 Å². The summed E-state index contributed by atoms with van der Waals surface area (Å²) in [4.78, 5) is 0. The van der Waals surface area contributed by atoms with Gasteiger partial charge in [0.25, 0.3) is 0 Å². The van der Waals surface area contributed by atoms with Crippen molar-refractivity contribution in [3.05, 3.63) is 27.7 Å². The molecular formula is C17H23Cl2NO. The molecule has 0 aromatic heterocycles. The van der Waals surface area contributed by atoms with Crippen LogP contribution in [0.2, 0.25) is 10.0 Å². The fraction of sp³-hybridized carbons (Fsp3) is 0.647. The summed E-state index contributed by atoms with van der Waals surface area (Å²) in [6.45, 7) is 5.45. The van der Waals surface area contributed by atoms with Crippen LogP contribution in [0.15, 0.2) is 12.1 Å². The highest BCUT2D eigenvalue weighted by Crippen LogP contribution is 2.41. The number of nitrogens with one attached hydrogen (secondary N) is 1. The quantitative estimate of drug-likeness (QED) is 0.787. The highest BCUT2D eigenvalue weighted by molar-refractivity contribution is 6.35. The molecular weight excluding hydrogens is 305 g/mol. The Bertz CT molecular complexity index is 520. The van der Waals surface area contributed by atoms with Crippen LogP contribution < -0.4 is 10.1 Å². The zero-order valence-electron chi connectivity index (χ0n) is 12.7. The lowest BCUT2D eigenvalue weighted by Gasteiger charge is -2.38. The monoisotopic (exact) mass is 327 g/mol. The van der Waals surface area contributed by atoms with Crippen molar-refractivity contribution in [1.29, 1.82) is 0 Å². The maximum absolute atomic E-state index is 6.26. The third-order valence-electron chi connectivity index (χ3n) is 4.84. The van der Waals surface area contributed by atoms with E-state index in [0.29, 0.717) is 34.2 Å². The van der Waals surface area contributed by atoms with Crippen LogP contribution in [0.3, 0.4) is 0 Å². The van der Waals surface area contributed by atoms with Crippen molar-refractivity contribution in [2.75, 3.05) is 6.61 Å². The van der Waals surface area contributed by atoms with Gasteiger partial charge in [-0.2, -0.15) is 0 Å². The maximum atomic E-state index is 6.26.